The minimum atomic E-state index is -0.504. The van der Waals surface area contributed by atoms with Crippen LogP contribution in [0.3, 0.4) is 0 Å². The molecule has 0 aliphatic rings. The topological polar surface area (TPSA) is 84.7 Å². The Labute approximate surface area is 117 Å². The summed E-state index contributed by atoms with van der Waals surface area (Å²) >= 11 is 0. The number of hydrogen-bond acceptors (Lipinski definition) is 5. The molecule has 1 rings (SSSR count). The lowest BCUT2D eigenvalue weighted by molar-refractivity contribution is -0.385. The Kier molecular flexibility index (Phi) is 6.45. The van der Waals surface area contributed by atoms with E-state index in [2.05, 4.69) is 5.32 Å². The smallest absolute Gasteiger partial charge is 0.310 e. The van der Waals surface area contributed by atoms with Crippen molar-refractivity contribution in [3.05, 3.63) is 34.4 Å². The standard InChI is InChI=1S/C13H19N3O4/c1-14-8-9-15(2)13(17)7-10-20-12-6-4-3-5-11(12)16(18)19/h3-6,14H,7-10H2,1-2H3. The van der Waals surface area contributed by atoms with Crippen LogP contribution in [0.5, 0.6) is 5.75 Å². The number of hydrogen-bond donors (Lipinski definition) is 1. The lowest BCUT2D eigenvalue weighted by Gasteiger charge is -2.16. The van der Waals surface area contributed by atoms with Gasteiger partial charge in [-0.1, -0.05) is 12.1 Å². The summed E-state index contributed by atoms with van der Waals surface area (Å²) < 4.78 is 5.32. The monoisotopic (exact) mass is 281 g/mol. The fourth-order valence-corrected chi connectivity index (χ4v) is 1.57. The van der Waals surface area contributed by atoms with E-state index in [1.807, 2.05) is 7.05 Å². The van der Waals surface area contributed by atoms with Crippen molar-refractivity contribution in [1.82, 2.24) is 10.2 Å². The number of para-hydroxylation sites is 2. The Morgan fingerprint density at radius 2 is 2.15 bits per heavy atom. The van der Waals surface area contributed by atoms with E-state index in [0.29, 0.717) is 13.1 Å². The van der Waals surface area contributed by atoms with Gasteiger partial charge in [-0.05, 0) is 13.1 Å². The quantitative estimate of drug-likeness (QED) is 0.568. The number of carbonyl (C=O) groups is 1. The number of benzene rings is 1. The predicted octanol–water partition coefficient (Wildman–Crippen LogP) is 1.04. The van der Waals surface area contributed by atoms with Crippen molar-refractivity contribution in [1.29, 1.82) is 0 Å². The van der Waals surface area contributed by atoms with Gasteiger partial charge < -0.3 is 15.0 Å². The molecule has 1 amide bonds. The van der Waals surface area contributed by atoms with E-state index in [9.17, 15) is 14.9 Å². The first-order chi connectivity index (χ1) is 9.56. The van der Waals surface area contributed by atoms with Crippen LogP contribution in [0, 0.1) is 10.1 Å². The fourth-order valence-electron chi connectivity index (χ4n) is 1.57. The molecular formula is C13H19N3O4. The Hall–Kier alpha value is -2.15. The third-order valence-corrected chi connectivity index (χ3v) is 2.76. The fraction of sp³-hybridized carbons (Fsp3) is 0.462. The third-order valence-electron chi connectivity index (χ3n) is 2.76. The molecule has 7 nitrogen and oxygen atoms in total. The van der Waals surface area contributed by atoms with E-state index in [1.165, 1.54) is 12.1 Å². The molecule has 0 atom stereocenters. The maximum Gasteiger partial charge on any atom is 0.310 e. The zero-order chi connectivity index (χ0) is 15.0. The Balaban J connectivity index is 2.45. The van der Waals surface area contributed by atoms with Crippen molar-refractivity contribution in [2.45, 2.75) is 6.42 Å². The maximum absolute atomic E-state index is 11.7. The van der Waals surface area contributed by atoms with Gasteiger partial charge in [-0.2, -0.15) is 0 Å². The van der Waals surface area contributed by atoms with Crippen LogP contribution in [0.25, 0.3) is 0 Å². The second-order valence-corrected chi connectivity index (χ2v) is 4.24. The molecule has 0 radical (unpaired) electrons. The van der Waals surface area contributed by atoms with Crippen LogP contribution in [0.15, 0.2) is 24.3 Å². The van der Waals surface area contributed by atoms with Crippen LogP contribution >= 0.6 is 0 Å². The second kappa shape index (κ2) is 8.11. The highest BCUT2D eigenvalue weighted by Gasteiger charge is 2.14. The molecule has 0 aliphatic heterocycles. The van der Waals surface area contributed by atoms with Crippen LogP contribution in [-0.2, 0) is 4.79 Å². The number of likely N-dealkylation sites (N-methyl/N-ethyl adjacent to an activating group) is 2. The van der Waals surface area contributed by atoms with E-state index in [0.717, 1.165) is 0 Å². The van der Waals surface area contributed by atoms with Gasteiger partial charge in [0.25, 0.3) is 0 Å². The van der Waals surface area contributed by atoms with Gasteiger partial charge in [0.05, 0.1) is 18.0 Å². The molecule has 0 heterocycles. The van der Waals surface area contributed by atoms with Gasteiger partial charge in [0.1, 0.15) is 0 Å². The van der Waals surface area contributed by atoms with Crippen LogP contribution < -0.4 is 10.1 Å². The summed E-state index contributed by atoms with van der Waals surface area (Å²) in [6.07, 6.45) is 0.187. The van der Waals surface area contributed by atoms with Crippen LogP contribution in [-0.4, -0.2) is 49.5 Å². The van der Waals surface area contributed by atoms with Crippen LogP contribution in [0.4, 0.5) is 5.69 Å². The van der Waals surface area contributed by atoms with E-state index in [1.54, 1.807) is 24.1 Å². The summed E-state index contributed by atoms with van der Waals surface area (Å²) in [7, 11) is 3.53. The van der Waals surface area contributed by atoms with Gasteiger partial charge in [0, 0.05) is 26.2 Å². The molecule has 1 N–H and O–H groups in total. The number of nitro benzene ring substituents is 1. The molecule has 0 unspecified atom stereocenters. The van der Waals surface area contributed by atoms with Crippen molar-refractivity contribution < 1.29 is 14.5 Å². The Bertz CT molecular complexity index is 465. The molecule has 1 aromatic carbocycles. The van der Waals surface area contributed by atoms with Gasteiger partial charge in [-0.25, -0.2) is 0 Å². The number of carbonyl (C=O) groups excluding carboxylic acids is 1. The van der Waals surface area contributed by atoms with E-state index >= 15 is 0 Å². The van der Waals surface area contributed by atoms with Crippen LogP contribution in [0.2, 0.25) is 0 Å². The zero-order valence-corrected chi connectivity index (χ0v) is 11.7. The van der Waals surface area contributed by atoms with Gasteiger partial charge in [0.15, 0.2) is 5.75 Å². The first-order valence-corrected chi connectivity index (χ1v) is 6.31. The third kappa shape index (κ3) is 4.85. The molecule has 7 heteroatoms. The van der Waals surface area contributed by atoms with E-state index in [4.69, 9.17) is 4.74 Å². The lowest BCUT2D eigenvalue weighted by atomic mass is 10.3. The highest BCUT2D eigenvalue weighted by Crippen LogP contribution is 2.25. The first kappa shape index (κ1) is 15.9. The summed E-state index contributed by atoms with van der Waals surface area (Å²) in [6, 6.07) is 6.12. The summed E-state index contributed by atoms with van der Waals surface area (Å²) in [5.41, 5.74) is -0.0940. The molecule has 0 saturated heterocycles. The predicted molar refractivity (Wildman–Crippen MR) is 74.8 cm³/mol. The van der Waals surface area contributed by atoms with E-state index in [-0.39, 0.29) is 30.4 Å². The molecule has 20 heavy (non-hydrogen) atoms. The minimum absolute atomic E-state index is 0.0566. The normalized spacial score (nSPS) is 10.1. The molecular weight excluding hydrogens is 262 g/mol. The van der Waals surface area contributed by atoms with Crippen molar-refractivity contribution >= 4 is 11.6 Å². The number of nitrogens with one attached hydrogen (secondary N) is 1. The molecule has 0 bridgehead atoms. The molecule has 110 valence electrons. The summed E-state index contributed by atoms with van der Waals surface area (Å²) in [4.78, 5) is 23.6. The van der Waals surface area contributed by atoms with Crippen molar-refractivity contribution in [2.75, 3.05) is 33.8 Å². The molecule has 0 saturated carbocycles. The molecule has 0 aromatic heterocycles. The average molecular weight is 281 g/mol. The number of amides is 1. The highest BCUT2D eigenvalue weighted by molar-refractivity contribution is 5.76. The van der Waals surface area contributed by atoms with Crippen molar-refractivity contribution in [2.24, 2.45) is 0 Å². The maximum atomic E-state index is 11.7. The van der Waals surface area contributed by atoms with Crippen LogP contribution in [0.1, 0.15) is 6.42 Å². The summed E-state index contributed by atoms with van der Waals surface area (Å²) in [5, 5.41) is 13.7. The Morgan fingerprint density at radius 1 is 1.45 bits per heavy atom. The molecule has 0 aliphatic carbocycles. The van der Waals surface area contributed by atoms with Crippen molar-refractivity contribution in [3.63, 3.8) is 0 Å². The number of nitrogens with zero attached hydrogens (tertiary/aromatic N) is 2. The molecule has 0 fully saturated rings. The van der Waals surface area contributed by atoms with Crippen molar-refractivity contribution in [3.8, 4) is 5.75 Å². The number of nitro groups is 1. The lowest BCUT2D eigenvalue weighted by Crippen LogP contribution is -2.33. The first-order valence-electron chi connectivity index (χ1n) is 6.31. The zero-order valence-electron chi connectivity index (χ0n) is 11.7. The van der Waals surface area contributed by atoms with Gasteiger partial charge in [-0.3, -0.25) is 14.9 Å². The minimum Gasteiger partial charge on any atom is -0.486 e. The summed E-state index contributed by atoms with van der Waals surface area (Å²) in [6.45, 7) is 1.45. The largest absolute Gasteiger partial charge is 0.486 e. The number of rotatable bonds is 8. The van der Waals surface area contributed by atoms with Gasteiger partial charge in [-0.15, -0.1) is 0 Å². The highest BCUT2D eigenvalue weighted by atomic mass is 16.6. The van der Waals surface area contributed by atoms with E-state index < -0.39 is 4.92 Å². The summed E-state index contributed by atoms with van der Waals surface area (Å²) in [5.74, 6) is 0.127. The number of ether oxygens (including phenoxy) is 1. The SMILES string of the molecule is CNCCN(C)C(=O)CCOc1ccccc1[N+](=O)[O-]. The second-order valence-electron chi connectivity index (χ2n) is 4.24. The Morgan fingerprint density at radius 3 is 2.80 bits per heavy atom. The molecule has 1 aromatic rings. The molecule has 0 spiro atoms. The van der Waals surface area contributed by atoms with Gasteiger partial charge >= 0.3 is 5.69 Å². The van der Waals surface area contributed by atoms with Gasteiger partial charge in [0.2, 0.25) is 5.91 Å². The average Bonchev–Trinajstić information content (AvgIpc) is 2.44.